The molecular weight excluding hydrogens is 284 g/mol. The van der Waals surface area contributed by atoms with Crippen LogP contribution in [0.3, 0.4) is 0 Å². The number of hydrogen-bond donors (Lipinski definition) is 1. The molecule has 0 aromatic heterocycles. The standard InChI is InChI=1S/C16H26N2O2S/c1-17-12-16(15-8-4-3-5-9-15)11-14-7-6-10-18(13-14)21(2,19)20/h3-5,8-9,14,16-17H,6-7,10-13H2,1-2H3. The Kier molecular flexibility index (Phi) is 5.79. The molecule has 0 bridgehead atoms. The van der Waals surface area contributed by atoms with Crippen LogP contribution in [-0.4, -0.2) is 45.7 Å². The molecule has 2 atom stereocenters. The van der Waals surface area contributed by atoms with Crippen molar-refractivity contribution in [2.24, 2.45) is 5.92 Å². The third kappa shape index (κ3) is 4.80. The Morgan fingerprint density at radius 2 is 2.05 bits per heavy atom. The fourth-order valence-electron chi connectivity index (χ4n) is 3.23. The van der Waals surface area contributed by atoms with Crippen molar-refractivity contribution in [1.82, 2.24) is 9.62 Å². The highest BCUT2D eigenvalue weighted by molar-refractivity contribution is 7.88. The topological polar surface area (TPSA) is 49.4 Å². The Hall–Kier alpha value is -0.910. The molecule has 2 rings (SSSR count). The third-order valence-corrected chi connectivity index (χ3v) is 5.56. The highest BCUT2D eigenvalue weighted by Crippen LogP contribution is 2.29. The molecule has 1 aromatic rings. The number of rotatable bonds is 6. The van der Waals surface area contributed by atoms with Crippen LogP contribution in [0.1, 0.15) is 30.7 Å². The molecule has 2 unspecified atom stereocenters. The summed E-state index contributed by atoms with van der Waals surface area (Å²) in [5, 5.41) is 3.27. The van der Waals surface area contributed by atoms with Gasteiger partial charge in [0.05, 0.1) is 6.26 Å². The first kappa shape index (κ1) is 16.5. The maximum absolute atomic E-state index is 11.7. The second-order valence-corrected chi connectivity index (χ2v) is 8.01. The van der Waals surface area contributed by atoms with Gasteiger partial charge >= 0.3 is 0 Å². The second kappa shape index (κ2) is 7.38. The van der Waals surface area contributed by atoms with E-state index in [0.717, 1.165) is 25.8 Å². The molecule has 1 N–H and O–H groups in total. The second-order valence-electron chi connectivity index (χ2n) is 6.03. The van der Waals surface area contributed by atoms with E-state index < -0.39 is 10.0 Å². The van der Waals surface area contributed by atoms with Crippen molar-refractivity contribution in [2.75, 3.05) is 32.9 Å². The monoisotopic (exact) mass is 310 g/mol. The summed E-state index contributed by atoms with van der Waals surface area (Å²) in [5.41, 5.74) is 1.34. The highest BCUT2D eigenvalue weighted by Gasteiger charge is 2.27. The average Bonchev–Trinajstić information content (AvgIpc) is 2.47. The van der Waals surface area contributed by atoms with Gasteiger partial charge in [-0.25, -0.2) is 12.7 Å². The summed E-state index contributed by atoms with van der Waals surface area (Å²) in [4.78, 5) is 0. The summed E-state index contributed by atoms with van der Waals surface area (Å²) in [6.45, 7) is 2.28. The molecule has 4 nitrogen and oxygen atoms in total. The lowest BCUT2D eigenvalue weighted by Crippen LogP contribution is -2.40. The number of likely N-dealkylation sites (N-methyl/N-ethyl adjacent to an activating group) is 1. The Bertz CT molecular complexity index is 530. The van der Waals surface area contributed by atoms with Crippen LogP contribution in [0.25, 0.3) is 0 Å². The van der Waals surface area contributed by atoms with E-state index in [1.807, 2.05) is 13.1 Å². The van der Waals surface area contributed by atoms with Crippen LogP contribution in [0.2, 0.25) is 0 Å². The largest absolute Gasteiger partial charge is 0.319 e. The van der Waals surface area contributed by atoms with Crippen molar-refractivity contribution < 1.29 is 8.42 Å². The zero-order valence-corrected chi connectivity index (χ0v) is 13.8. The van der Waals surface area contributed by atoms with Gasteiger partial charge in [0.2, 0.25) is 10.0 Å². The van der Waals surface area contributed by atoms with E-state index in [1.165, 1.54) is 11.8 Å². The predicted molar refractivity (Wildman–Crippen MR) is 86.9 cm³/mol. The summed E-state index contributed by atoms with van der Waals surface area (Å²) in [5.74, 6) is 0.896. The molecule has 0 aliphatic carbocycles. The van der Waals surface area contributed by atoms with E-state index in [1.54, 1.807) is 4.31 Å². The van der Waals surface area contributed by atoms with Crippen LogP contribution >= 0.6 is 0 Å². The molecule has 0 amide bonds. The first-order chi connectivity index (χ1) is 10.0. The fraction of sp³-hybridized carbons (Fsp3) is 0.625. The van der Waals surface area contributed by atoms with Gasteiger partial charge in [-0.3, -0.25) is 0 Å². The van der Waals surface area contributed by atoms with Gasteiger partial charge < -0.3 is 5.32 Å². The number of nitrogens with one attached hydrogen (secondary N) is 1. The lowest BCUT2D eigenvalue weighted by molar-refractivity contribution is 0.245. The minimum atomic E-state index is -3.05. The van der Waals surface area contributed by atoms with Gasteiger partial charge in [-0.05, 0) is 43.7 Å². The van der Waals surface area contributed by atoms with Crippen LogP contribution in [0.5, 0.6) is 0 Å². The minimum absolute atomic E-state index is 0.445. The van der Waals surface area contributed by atoms with Gasteiger partial charge in [0, 0.05) is 19.6 Å². The van der Waals surface area contributed by atoms with Crippen molar-refractivity contribution in [3.05, 3.63) is 35.9 Å². The Balaban J connectivity index is 2.03. The number of nitrogens with zero attached hydrogens (tertiary/aromatic N) is 1. The van der Waals surface area contributed by atoms with Crippen LogP contribution in [0.4, 0.5) is 0 Å². The third-order valence-electron chi connectivity index (χ3n) is 4.29. The summed E-state index contributed by atoms with van der Waals surface area (Å²) in [7, 11) is -1.08. The minimum Gasteiger partial charge on any atom is -0.319 e. The van der Waals surface area contributed by atoms with Gasteiger partial charge in [-0.1, -0.05) is 30.3 Å². The summed E-state index contributed by atoms with van der Waals surface area (Å²) in [6, 6.07) is 10.5. The van der Waals surface area contributed by atoms with Crippen LogP contribution < -0.4 is 5.32 Å². The van der Waals surface area contributed by atoms with E-state index in [4.69, 9.17) is 0 Å². The zero-order chi connectivity index (χ0) is 15.3. The first-order valence-electron chi connectivity index (χ1n) is 7.65. The van der Waals surface area contributed by atoms with E-state index in [-0.39, 0.29) is 0 Å². The van der Waals surface area contributed by atoms with Gasteiger partial charge in [0.1, 0.15) is 0 Å². The van der Waals surface area contributed by atoms with Gasteiger partial charge in [0.15, 0.2) is 0 Å². The molecule has 1 saturated heterocycles. The summed E-state index contributed by atoms with van der Waals surface area (Å²) in [6.07, 6.45) is 4.45. The van der Waals surface area contributed by atoms with Crippen LogP contribution in [-0.2, 0) is 10.0 Å². The quantitative estimate of drug-likeness (QED) is 0.875. The van der Waals surface area contributed by atoms with E-state index in [0.29, 0.717) is 24.9 Å². The molecule has 1 aromatic carbocycles. The van der Waals surface area contributed by atoms with E-state index in [9.17, 15) is 8.42 Å². The Labute approximate surface area is 128 Å². The van der Waals surface area contributed by atoms with Gasteiger partial charge in [-0.2, -0.15) is 0 Å². The molecule has 5 heteroatoms. The molecule has 21 heavy (non-hydrogen) atoms. The van der Waals surface area contributed by atoms with Crippen molar-refractivity contribution in [1.29, 1.82) is 0 Å². The SMILES string of the molecule is CNCC(CC1CCCN(S(C)(=O)=O)C1)c1ccccc1. The number of sulfonamides is 1. The van der Waals surface area contributed by atoms with E-state index in [2.05, 4.69) is 29.6 Å². The summed E-state index contributed by atoms with van der Waals surface area (Å²) >= 11 is 0. The lowest BCUT2D eigenvalue weighted by atomic mass is 9.85. The lowest BCUT2D eigenvalue weighted by Gasteiger charge is -2.33. The first-order valence-corrected chi connectivity index (χ1v) is 9.50. The van der Waals surface area contributed by atoms with Crippen LogP contribution in [0, 0.1) is 5.92 Å². The Morgan fingerprint density at radius 1 is 1.33 bits per heavy atom. The predicted octanol–water partition coefficient (Wildman–Crippen LogP) is 2.05. The molecule has 0 radical (unpaired) electrons. The molecule has 118 valence electrons. The molecule has 0 saturated carbocycles. The Morgan fingerprint density at radius 3 is 2.67 bits per heavy atom. The fourth-order valence-corrected chi connectivity index (χ4v) is 4.17. The van der Waals surface area contributed by atoms with Crippen molar-refractivity contribution in [3.63, 3.8) is 0 Å². The van der Waals surface area contributed by atoms with Crippen molar-refractivity contribution in [3.8, 4) is 0 Å². The molecule has 1 aliphatic rings. The van der Waals surface area contributed by atoms with Crippen molar-refractivity contribution >= 4 is 10.0 Å². The smallest absolute Gasteiger partial charge is 0.211 e. The van der Waals surface area contributed by atoms with Gasteiger partial charge in [0.25, 0.3) is 0 Å². The molecule has 1 fully saturated rings. The maximum Gasteiger partial charge on any atom is 0.211 e. The number of piperidine rings is 1. The number of hydrogen-bond acceptors (Lipinski definition) is 3. The molecule has 1 aliphatic heterocycles. The maximum atomic E-state index is 11.7. The zero-order valence-electron chi connectivity index (χ0n) is 13.0. The van der Waals surface area contributed by atoms with Crippen LogP contribution in [0.15, 0.2) is 30.3 Å². The van der Waals surface area contributed by atoms with Crippen molar-refractivity contribution in [2.45, 2.75) is 25.2 Å². The van der Waals surface area contributed by atoms with E-state index >= 15 is 0 Å². The number of benzene rings is 1. The van der Waals surface area contributed by atoms with Gasteiger partial charge in [-0.15, -0.1) is 0 Å². The summed E-state index contributed by atoms with van der Waals surface area (Å²) < 4.78 is 25.1. The molecule has 0 spiro atoms. The molecular formula is C16H26N2O2S. The highest BCUT2D eigenvalue weighted by atomic mass is 32.2. The molecule has 1 heterocycles. The normalized spacial score (nSPS) is 22.1. The average molecular weight is 310 g/mol.